The Balaban J connectivity index is 1.59. The van der Waals surface area contributed by atoms with Crippen LogP contribution in [0.5, 0.6) is 11.5 Å². The van der Waals surface area contributed by atoms with Crippen molar-refractivity contribution in [1.82, 2.24) is 5.32 Å². The summed E-state index contributed by atoms with van der Waals surface area (Å²) in [6.07, 6.45) is 2.09. The molecule has 1 saturated heterocycles. The zero-order valence-corrected chi connectivity index (χ0v) is 13.4. The lowest BCUT2D eigenvalue weighted by Gasteiger charge is -2.22. The van der Waals surface area contributed by atoms with Gasteiger partial charge in [-0.25, -0.2) is 0 Å². The molecule has 4 nitrogen and oxygen atoms in total. The van der Waals surface area contributed by atoms with Gasteiger partial charge in [-0.15, -0.1) is 0 Å². The van der Waals surface area contributed by atoms with E-state index in [1.165, 1.54) is 24.3 Å². The highest BCUT2D eigenvalue weighted by Gasteiger charge is 2.14. The predicted octanol–water partition coefficient (Wildman–Crippen LogP) is 2.17. The van der Waals surface area contributed by atoms with Gasteiger partial charge < -0.3 is 19.9 Å². The molecule has 5 heteroatoms. The number of methoxy groups -OCH3 is 1. The third-order valence-corrected chi connectivity index (χ3v) is 4.70. The van der Waals surface area contributed by atoms with Gasteiger partial charge in [0.2, 0.25) is 0 Å². The van der Waals surface area contributed by atoms with E-state index < -0.39 is 6.10 Å². The molecular weight excluding hydrogens is 286 g/mol. The minimum absolute atomic E-state index is 0.305. The van der Waals surface area contributed by atoms with Crippen molar-refractivity contribution in [3.8, 4) is 11.5 Å². The van der Waals surface area contributed by atoms with Crippen molar-refractivity contribution in [3.63, 3.8) is 0 Å². The van der Waals surface area contributed by atoms with Crippen molar-refractivity contribution in [2.75, 3.05) is 38.3 Å². The Hall–Kier alpha value is -0.910. The molecule has 1 heterocycles. The molecule has 0 aliphatic carbocycles. The molecule has 0 aromatic heterocycles. The van der Waals surface area contributed by atoms with E-state index in [0.29, 0.717) is 13.2 Å². The first-order chi connectivity index (χ1) is 10.3. The molecule has 0 amide bonds. The largest absolute Gasteiger partial charge is 0.497 e. The molecular formula is C16H25NO3S. The normalized spacial score (nSPS) is 17.4. The fourth-order valence-electron chi connectivity index (χ4n) is 2.33. The van der Waals surface area contributed by atoms with Crippen LogP contribution in [0, 0.1) is 5.92 Å². The standard InChI is InChI=1S/C16H25NO3S/c1-19-15-2-4-16(5-3-15)20-12-14(18)11-17-10-13-6-8-21-9-7-13/h2-5,13-14,17-18H,6-12H2,1H3. The third kappa shape index (κ3) is 6.16. The SMILES string of the molecule is COc1ccc(OCC(O)CNCC2CCSCC2)cc1. The van der Waals surface area contributed by atoms with Crippen LogP contribution in [-0.2, 0) is 0 Å². The molecule has 21 heavy (non-hydrogen) atoms. The van der Waals surface area contributed by atoms with Gasteiger partial charge in [-0.3, -0.25) is 0 Å². The summed E-state index contributed by atoms with van der Waals surface area (Å²) in [7, 11) is 1.64. The van der Waals surface area contributed by atoms with Crippen LogP contribution in [0.2, 0.25) is 0 Å². The second kappa shape index (κ2) is 9.18. The number of nitrogens with one attached hydrogen (secondary N) is 1. The van der Waals surface area contributed by atoms with Crippen LogP contribution in [-0.4, -0.2) is 49.5 Å². The number of hydrogen-bond acceptors (Lipinski definition) is 5. The third-order valence-electron chi connectivity index (χ3n) is 3.66. The van der Waals surface area contributed by atoms with Crippen molar-refractivity contribution >= 4 is 11.8 Å². The molecule has 0 bridgehead atoms. The minimum Gasteiger partial charge on any atom is -0.497 e. The molecule has 1 aromatic rings. The number of aliphatic hydroxyl groups is 1. The molecule has 1 aliphatic rings. The Morgan fingerprint density at radius 2 is 1.90 bits per heavy atom. The first kappa shape index (κ1) is 16.5. The summed E-state index contributed by atoms with van der Waals surface area (Å²) in [6, 6.07) is 7.39. The van der Waals surface area contributed by atoms with Crippen LogP contribution < -0.4 is 14.8 Å². The van der Waals surface area contributed by atoms with Crippen LogP contribution in [0.1, 0.15) is 12.8 Å². The average molecular weight is 311 g/mol. The number of hydrogen-bond donors (Lipinski definition) is 2. The molecule has 118 valence electrons. The summed E-state index contributed by atoms with van der Waals surface area (Å²) in [4.78, 5) is 0. The Bertz CT molecular complexity index is 393. The summed E-state index contributed by atoms with van der Waals surface area (Å²) in [5.41, 5.74) is 0. The minimum atomic E-state index is -0.481. The maximum Gasteiger partial charge on any atom is 0.119 e. The van der Waals surface area contributed by atoms with E-state index in [4.69, 9.17) is 9.47 Å². The second-order valence-corrected chi connectivity index (χ2v) is 6.58. The van der Waals surface area contributed by atoms with Gasteiger partial charge in [-0.2, -0.15) is 11.8 Å². The molecule has 1 aliphatic heterocycles. The Morgan fingerprint density at radius 1 is 1.24 bits per heavy atom. The number of thioether (sulfide) groups is 1. The molecule has 1 aromatic carbocycles. The van der Waals surface area contributed by atoms with Gasteiger partial charge >= 0.3 is 0 Å². The monoisotopic (exact) mass is 311 g/mol. The number of rotatable bonds is 8. The Kier molecular flexibility index (Phi) is 7.19. The van der Waals surface area contributed by atoms with Crippen LogP contribution in [0.4, 0.5) is 0 Å². The Morgan fingerprint density at radius 3 is 2.57 bits per heavy atom. The fraction of sp³-hybridized carbons (Fsp3) is 0.625. The fourth-order valence-corrected chi connectivity index (χ4v) is 3.53. The highest BCUT2D eigenvalue weighted by atomic mass is 32.2. The van der Waals surface area contributed by atoms with Crippen molar-refractivity contribution in [2.24, 2.45) is 5.92 Å². The van der Waals surface area contributed by atoms with E-state index >= 15 is 0 Å². The van der Waals surface area contributed by atoms with Crippen molar-refractivity contribution in [2.45, 2.75) is 18.9 Å². The first-order valence-electron chi connectivity index (χ1n) is 7.51. The number of aliphatic hydroxyl groups excluding tert-OH is 1. The molecule has 0 spiro atoms. The van der Waals surface area contributed by atoms with Gasteiger partial charge in [0.15, 0.2) is 0 Å². The van der Waals surface area contributed by atoms with E-state index in [1.807, 2.05) is 36.0 Å². The Labute approximate surface area is 131 Å². The number of ether oxygens (including phenoxy) is 2. The quantitative estimate of drug-likeness (QED) is 0.770. The van der Waals surface area contributed by atoms with E-state index in [1.54, 1.807) is 7.11 Å². The molecule has 2 N–H and O–H groups in total. The van der Waals surface area contributed by atoms with Crippen LogP contribution in [0.25, 0.3) is 0 Å². The second-order valence-electron chi connectivity index (χ2n) is 5.35. The summed E-state index contributed by atoms with van der Waals surface area (Å²) in [6.45, 7) is 1.89. The van der Waals surface area contributed by atoms with Crippen molar-refractivity contribution in [1.29, 1.82) is 0 Å². The van der Waals surface area contributed by atoms with Gasteiger partial charge in [-0.05, 0) is 61.1 Å². The molecule has 1 atom stereocenters. The van der Waals surface area contributed by atoms with Gasteiger partial charge in [-0.1, -0.05) is 0 Å². The summed E-state index contributed by atoms with van der Waals surface area (Å²) < 4.78 is 10.6. The van der Waals surface area contributed by atoms with Gasteiger partial charge in [0.25, 0.3) is 0 Å². The molecule has 1 unspecified atom stereocenters. The van der Waals surface area contributed by atoms with E-state index in [0.717, 1.165) is 24.0 Å². The molecule has 0 radical (unpaired) electrons. The van der Waals surface area contributed by atoms with Gasteiger partial charge in [0.1, 0.15) is 24.2 Å². The topological polar surface area (TPSA) is 50.7 Å². The summed E-state index contributed by atoms with van der Waals surface area (Å²) in [5.74, 6) is 4.86. The van der Waals surface area contributed by atoms with E-state index in [-0.39, 0.29) is 0 Å². The summed E-state index contributed by atoms with van der Waals surface area (Å²) >= 11 is 2.04. The van der Waals surface area contributed by atoms with Crippen LogP contribution in [0.15, 0.2) is 24.3 Å². The van der Waals surface area contributed by atoms with Crippen molar-refractivity contribution in [3.05, 3.63) is 24.3 Å². The zero-order chi connectivity index (χ0) is 14.9. The maximum atomic E-state index is 9.92. The van der Waals surface area contributed by atoms with E-state index in [9.17, 15) is 5.11 Å². The smallest absolute Gasteiger partial charge is 0.119 e. The highest BCUT2D eigenvalue weighted by Crippen LogP contribution is 2.21. The predicted molar refractivity (Wildman–Crippen MR) is 87.4 cm³/mol. The lowest BCUT2D eigenvalue weighted by atomic mass is 10.0. The molecule has 0 saturated carbocycles. The van der Waals surface area contributed by atoms with Crippen molar-refractivity contribution < 1.29 is 14.6 Å². The van der Waals surface area contributed by atoms with Crippen LogP contribution in [0.3, 0.4) is 0 Å². The lowest BCUT2D eigenvalue weighted by Crippen LogP contribution is -2.35. The highest BCUT2D eigenvalue weighted by molar-refractivity contribution is 7.99. The zero-order valence-electron chi connectivity index (χ0n) is 12.6. The van der Waals surface area contributed by atoms with E-state index in [2.05, 4.69) is 5.32 Å². The number of benzene rings is 1. The average Bonchev–Trinajstić information content (AvgIpc) is 2.54. The first-order valence-corrected chi connectivity index (χ1v) is 8.67. The molecule has 1 fully saturated rings. The lowest BCUT2D eigenvalue weighted by molar-refractivity contribution is 0.105. The van der Waals surface area contributed by atoms with Crippen LogP contribution >= 0.6 is 11.8 Å². The van der Waals surface area contributed by atoms with Gasteiger partial charge in [0, 0.05) is 6.54 Å². The van der Waals surface area contributed by atoms with Gasteiger partial charge in [0.05, 0.1) is 7.11 Å². The maximum absolute atomic E-state index is 9.92. The summed E-state index contributed by atoms with van der Waals surface area (Å²) in [5, 5.41) is 13.3. The molecule has 2 rings (SSSR count).